The molecule has 2 fully saturated rings. The lowest BCUT2D eigenvalue weighted by Crippen LogP contribution is -2.52. The van der Waals surface area contributed by atoms with Gasteiger partial charge >= 0.3 is 0 Å². The van der Waals surface area contributed by atoms with Gasteiger partial charge in [-0.15, -0.1) is 0 Å². The van der Waals surface area contributed by atoms with Crippen LogP contribution < -0.4 is 0 Å². The highest BCUT2D eigenvalue weighted by Crippen LogP contribution is 2.42. The topological polar surface area (TPSA) is 61.2 Å². The third-order valence-electron chi connectivity index (χ3n) is 4.66. The molecule has 0 aromatic heterocycles. The zero-order valence-electron chi connectivity index (χ0n) is 11.3. The first-order chi connectivity index (χ1) is 8.43. The molecule has 0 aromatic carbocycles. The lowest BCUT2D eigenvalue weighted by atomic mass is 9.81. The van der Waals surface area contributed by atoms with Gasteiger partial charge in [-0.1, -0.05) is 26.7 Å². The Hall–Kier alpha value is -1.37. The van der Waals surface area contributed by atoms with Gasteiger partial charge in [-0.25, -0.2) is 0 Å². The molecule has 4 nitrogen and oxygen atoms in total. The van der Waals surface area contributed by atoms with Gasteiger partial charge in [0.1, 0.15) is 5.54 Å². The molecule has 0 aromatic rings. The number of hydrogen-bond acceptors (Lipinski definition) is 3. The number of hydrogen-bond donors (Lipinski definition) is 0. The molecule has 0 bridgehead atoms. The van der Waals surface area contributed by atoms with E-state index < -0.39 is 5.54 Å². The van der Waals surface area contributed by atoms with Gasteiger partial charge in [0.2, 0.25) is 11.8 Å². The average molecular weight is 248 g/mol. The standard InChI is InChI=1S/C14H20N2O2/c1-9(2)14(3,8-15)16-12(17)10-6-4-5-7-11(10)13(16)18/h9-11H,4-7H2,1-3H3. The summed E-state index contributed by atoms with van der Waals surface area (Å²) in [6.45, 7) is 5.46. The molecule has 98 valence electrons. The Morgan fingerprint density at radius 3 is 2.00 bits per heavy atom. The molecular formula is C14H20N2O2. The number of fused-ring (bicyclic) bond motifs is 1. The van der Waals surface area contributed by atoms with Crippen molar-refractivity contribution in [3.63, 3.8) is 0 Å². The van der Waals surface area contributed by atoms with Crippen LogP contribution in [0.4, 0.5) is 0 Å². The summed E-state index contributed by atoms with van der Waals surface area (Å²) < 4.78 is 0. The highest BCUT2D eigenvalue weighted by Gasteiger charge is 2.55. The zero-order valence-corrected chi connectivity index (χ0v) is 11.3. The molecule has 2 amide bonds. The predicted octanol–water partition coefficient (Wildman–Crippen LogP) is 2.10. The molecule has 2 aliphatic rings. The van der Waals surface area contributed by atoms with Crippen LogP contribution in [0.5, 0.6) is 0 Å². The van der Waals surface area contributed by atoms with E-state index in [4.69, 9.17) is 0 Å². The van der Waals surface area contributed by atoms with Crippen molar-refractivity contribution >= 4 is 11.8 Å². The van der Waals surface area contributed by atoms with Crippen LogP contribution in [0, 0.1) is 29.1 Å². The van der Waals surface area contributed by atoms with E-state index in [1.807, 2.05) is 13.8 Å². The second-order valence-electron chi connectivity index (χ2n) is 5.92. The van der Waals surface area contributed by atoms with E-state index in [0.29, 0.717) is 0 Å². The van der Waals surface area contributed by atoms with Crippen molar-refractivity contribution in [1.82, 2.24) is 4.90 Å². The lowest BCUT2D eigenvalue weighted by molar-refractivity contribution is -0.146. The average Bonchev–Trinajstić information content (AvgIpc) is 2.62. The minimum atomic E-state index is -1.01. The summed E-state index contributed by atoms with van der Waals surface area (Å²) in [5.41, 5.74) is -1.01. The third kappa shape index (κ3) is 1.65. The van der Waals surface area contributed by atoms with E-state index >= 15 is 0 Å². The van der Waals surface area contributed by atoms with Crippen molar-refractivity contribution in [2.24, 2.45) is 17.8 Å². The summed E-state index contributed by atoms with van der Waals surface area (Å²) >= 11 is 0. The van der Waals surface area contributed by atoms with E-state index in [2.05, 4.69) is 6.07 Å². The van der Waals surface area contributed by atoms with E-state index in [0.717, 1.165) is 25.7 Å². The van der Waals surface area contributed by atoms with Crippen molar-refractivity contribution in [3.05, 3.63) is 0 Å². The summed E-state index contributed by atoms with van der Waals surface area (Å²) in [7, 11) is 0. The molecule has 3 unspecified atom stereocenters. The van der Waals surface area contributed by atoms with Crippen molar-refractivity contribution in [3.8, 4) is 6.07 Å². The van der Waals surface area contributed by atoms with E-state index in [9.17, 15) is 14.9 Å². The molecule has 1 heterocycles. The van der Waals surface area contributed by atoms with Gasteiger partial charge < -0.3 is 0 Å². The zero-order chi connectivity index (χ0) is 13.5. The first-order valence-corrected chi connectivity index (χ1v) is 6.72. The summed E-state index contributed by atoms with van der Waals surface area (Å²) in [6, 6.07) is 2.17. The van der Waals surface area contributed by atoms with Crippen molar-refractivity contribution < 1.29 is 9.59 Å². The fourth-order valence-electron chi connectivity index (χ4n) is 3.06. The molecule has 2 rings (SSSR count). The van der Waals surface area contributed by atoms with Crippen LogP contribution in [0.2, 0.25) is 0 Å². The Balaban J connectivity index is 2.37. The van der Waals surface area contributed by atoms with Crippen LogP contribution in [0.1, 0.15) is 46.5 Å². The number of carbonyl (C=O) groups is 2. The molecule has 0 N–H and O–H groups in total. The first-order valence-electron chi connectivity index (χ1n) is 6.72. The number of likely N-dealkylation sites (tertiary alicyclic amines) is 1. The molecule has 18 heavy (non-hydrogen) atoms. The van der Waals surface area contributed by atoms with Gasteiger partial charge in [-0.05, 0) is 25.7 Å². The molecular weight excluding hydrogens is 228 g/mol. The van der Waals surface area contributed by atoms with Crippen molar-refractivity contribution in [2.45, 2.75) is 52.0 Å². The maximum absolute atomic E-state index is 12.4. The minimum absolute atomic E-state index is 0.0597. The Labute approximate surface area is 108 Å². The SMILES string of the molecule is CC(C)C(C)(C#N)N1C(=O)C2CCCCC2C1=O. The van der Waals surface area contributed by atoms with Crippen LogP contribution in [-0.2, 0) is 9.59 Å². The van der Waals surface area contributed by atoms with E-state index in [-0.39, 0.29) is 29.6 Å². The third-order valence-corrected chi connectivity index (χ3v) is 4.66. The molecule has 1 aliphatic heterocycles. The fraction of sp³-hybridized carbons (Fsp3) is 0.786. The largest absolute Gasteiger partial charge is 0.274 e. The van der Waals surface area contributed by atoms with Crippen molar-refractivity contribution in [1.29, 1.82) is 5.26 Å². The van der Waals surface area contributed by atoms with Crippen LogP contribution in [0.15, 0.2) is 0 Å². The maximum atomic E-state index is 12.4. The number of rotatable bonds is 2. The van der Waals surface area contributed by atoms with Gasteiger partial charge in [0.15, 0.2) is 0 Å². The Bertz CT molecular complexity index is 400. The van der Waals surface area contributed by atoms with Crippen LogP contribution in [0.3, 0.4) is 0 Å². The van der Waals surface area contributed by atoms with Gasteiger partial charge in [0.25, 0.3) is 0 Å². The number of amides is 2. The Morgan fingerprint density at radius 2 is 1.67 bits per heavy atom. The smallest absolute Gasteiger partial charge is 0.234 e. The minimum Gasteiger partial charge on any atom is -0.274 e. The van der Waals surface area contributed by atoms with Crippen LogP contribution in [-0.4, -0.2) is 22.3 Å². The summed E-state index contributed by atoms with van der Waals surface area (Å²) in [6.07, 6.45) is 3.62. The molecule has 1 aliphatic carbocycles. The second-order valence-corrected chi connectivity index (χ2v) is 5.92. The molecule has 3 atom stereocenters. The molecule has 1 saturated heterocycles. The molecule has 0 spiro atoms. The van der Waals surface area contributed by atoms with E-state index in [1.165, 1.54) is 4.90 Å². The van der Waals surface area contributed by atoms with Crippen molar-refractivity contribution in [2.75, 3.05) is 0 Å². The monoisotopic (exact) mass is 248 g/mol. The van der Waals surface area contributed by atoms with Crippen LogP contribution >= 0.6 is 0 Å². The van der Waals surface area contributed by atoms with Gasteiger partial charge in [0.05, 0.1) is 17.9 Å². The number of nitriles is 1. The van der Waals surface area contributed by atoms with Gasteiger partial charge in [-0.3, -0.25) is 14.5 Å². The lowest BCUT2D eigenvalue weighted by Gasteiger charge is -2.34. The number of carbonyl (C=O) groups excluding carboxylic acids is 2. The van der Waals surface area contributed by atoms with Gasteiger partial charge in [0, 0.05) is 0 Å². The highest BCUT2D eigenvalue weighted by molar-refractivity contribution is 6.06. The molecule has 0 radical (unpaired) electrons. The van der Waals surface area contributed by atoms with Crippen LogP contribution in [0.25, 0.3) is 0 Å². The van der Waals surface area contributed by atoms with Gasteiger partial charge in [-0.2, -0.15) is 5.26 Å². The second kappa shape index (κ2) is 4.38. The first kappa shape index (κ1) is 13.1. The summed E-state index contributed by atoms with van der Waals surface area (Å²) in [4.78, 5) is 26.1. The quantitative estimate of drug-likeness (QED) is 0.703. The predicted molar refractivity (Wildman–Crippen MR) is 66.2 cm³/mol. The highest BCUT2D eigenvalue weighted by atomic mass is 16.2. The fourth-order valence-corrected chi connectivity index (χ4v) is 3.06. The Kier molecular flexibility index (Phi) is 3.18. The molecule has 4 heteroatoms. The molecule has 1 saturated carbocycles. The Morgan fingerprint density at radius 1 is 1.22 bits per heavy atom. The maximum Gasteiger partial charge on any atom is 0.234 e. The number of imide groups is 1. The van der Waals surface area contributed by atoms with E-state index in [1.54, 1.807) is 6.92 Å². The summed E-state index contributed by atoms with van der Waals surface area (Å²) in [5, 5.41) is 9.39. The number of nitrogens with zero attached hydrogens (tertiary/aromatic N) is 2. The normalized spacial score (nSPS) is 31.2. The summed E-state index contributed by atoms with van der Waals surface area (Å²) in [5.74, 6) is -0.643.